The van der Waals surface area contributed by atoms with Crippen molar-refractivity contribution >= 4 is 11.9 Å². The summed E-state index contributed by atoms with van der Waals surface area (Å²) in [5.41, 5.74) is 5.85. The minimum atomic E-state index is -1.02. The topological polar surface area (TPSA) is 79.7 Å². The Bertz CT molecular complexity index is 1190. The van der Waals surface area contributed by atoms with Gasteiger partial charge in [-0.25, -0.2) is 9.78 Å². The summed E-state index contributed by atoms with van der Waals surface area (Å²) < 4.78 is 6.08. The highest BCUT2D eigenvalue weighted by Gasteiger charge is 2.29. The molecule has 32 heavy (non-hydrogen) atoms. The molecule has 0 fully saturated rings. The van der Waals surface area contributed by atoms with Gasteiger partial charge in [0.2, 0.25) is 5.88 Å². The van der Waals surface area contributed by atoms with E-state index in [1.165, 1.54) is 0 Å². The maximum Gasteiger partial charge on any atom is 0.335 e. The van der Waals surface area contributed by atoms with Crippen molar-refractivity contribution in [1.82, 2.24) is 9.88 Å². The summed E-state index contributed by atoms with van der Waals surface area (Å²) in [6.07, 6.45) is 0.681. The minimum absolute atomic E-state index is 0.152. The summed E-state index contributed by atoms with van der Waals surface area (Å²) in [6, 6.07) is 15.2. The molecule has 2 heterocycles. The van der Waals surface area contributed by atoms with Crippen LogP contribution in [0.2, 0.25) is 0 Å². The van der Waals surface area contributed by atoms with Crippen LogP contribution in [0.1, 0.15) is 54.2 Å². The number of rotatable bonds is 6. The second-order valence-electron chi connectivity index (χ2n) is 8.19. The number of aryl methyl sites for hydroxylation is 2. The van der Waals surface area contributed by atoms with Crippen molar-refractivity contribution in [2.45, 2.75) is 40.3 Å². The van der Waals surface area contributed by atoms with E-state index in [1.807, 2.05) is 50.2 Å². The number of hydrogen-bond acceptors (Lipinski definition) is 4. The van der Waals surface area contributed by atoms with Crippen LogP contribution in [0.15, 0.2) is 48.5 Å². The second-order valence-corrected chi connectivity index (χ2v) is 8.19. The Balaban J connectivity index is 1.63. The predicted octanol–water partition coefficient (Wildman–Crippen LogP) is 4.48. The van der Waals surface area contributed by atoms with Gasteiger partial charge in [0.15, 0.2) is 0 Å². The standard InChI is InChI=1S/C26H26N2O4/c1-16-13-17(2)27-24(32-15-19-7-5-4-6-8-19)22(16)14-28-12-11-20-9-10-21(26(30)31)18(3)23(20)25(28)29/h4-10,13H,11-12,14-15H2,1-3H3,(H,30,31). The molecule has 1 aromatic heterocycles. The lowest BCUT2D eigenvalue weighted by atomic mass is 9.91. The van der Waals surface area contributed by atoms with E-state index in [9.17, 15) is 14.7 Å². The lowest BCUT2D eigenvalue weighted by molar-refractivity contribution is 0.0696. The largest absolute Gasteiger partial charge is 0.478 e. The number of pyridine rings is 1. The van der Waals surface area contributed by atoms with E-state index in [0.717, 1.165) is 27.9 Å². The van der Waals surface area contributed by atoms with Gasteiger partial charge in [-0.15, -0.1) is 0 Å². The van der Waals surface area contributed by atoms with Gasteiger partial charge in [0.05, 0.1) is 12.1 Å². The third-order valence-electron chi connectivity index (χ3n) is 5.94. The van der Waals surface area contributed by atoms with Crippen LogP contribution in [0.4, 0.5) is 0 Å². The molecule has 6 heteroatoms. The van der Waals surface area contributed by atoms with E-state index in [-0.39, 0.29) is 11.5 Å². The number of aromatic nitrogens is 1. The van der Waals surface area contributed by atoms with Gasteiger partial charge in [0, 0.05) is 23.4 Å². The summed E-state index contributed by atoms with van der Waals surface area (Å²) in [5, 5.41) is 9.46. The number of carboxylic acids is 1. The van der Waals surface area contributed by atoms with Gasteiger partial charge in [0.1, 0.15) is 6.61 Å². The van der Waals surface area contributed by atoms with Crippen LogP contribution < -0.4 is 4.74 Å². The Morgan fingerprint density at radius 2 is 1.88 bits per heavy atom. The molecule has 2 aromatic carbocycles. The van der Waals surface area contributed by atoms with E-state index >= 15 is 0 Å². The molecule has 0 radical (unpaired) electrons. The van der Waals surface area contributed by atoms with Crippen molar-refractivity contribution < 1.29 is 19.4 Å². The normalized spacial score (nSPS) is 13.1. The molecule has 3 aromatic rings. The molecule has 0 unspecified atom stereocenters. The maximum atomic E-state index is 13.4. The van der Waals surface area contributed by atoms with E-state index < -0.39 is 5.97 Å². The second kappa shape index (κ2) is 8.83. The summed E-state index contributed by atoms with van der Waals surface area (Å²) >= 11 is 0. The van der Waals surface area contributed by atoms with E-state index in [1.54, 1.807) is 24.0 Å². The predicted molar refractivity (Wildman–Crippen MR) is 121 cm³/mol. The van der Waals surface area contributed by atoms with Gasteiger partial charge >= 0.3 is 5.97 Å². The molecule has 1 N–H and O–H groups in total. The van der Waals surface area contributed by atoms with Gasteiger partial charge in [-0.3, -0.25) is 4.79 Å². The molecule has 1 amide bonds. The van der Waals surface area contributed by atoms with Gasteiger partial charge in [-0.05, 0) is 61.6 Å². The van der Waals surface area contributed by atoms with Crippen LogP contribution in [-0.4, -0.2) is 33.4 Å². The van der Waals surface area contributed by atoms with Crippen molar-refractivity contribution in [2.24, 2.45) is 0 Å². The third kappa shape index (κ3) is 4.21. The minimum Gasteiger partial charge on any atom is -0.478 e. The Labute approximate surface area is 187 Å². The molecule has 6 nitrogen and oxygen atoms in total. The third-order valence-corrected chi connectivity index (χ3v) is 5.94. The lowest BCUT2D eigenvalue weighted by Crippen LogP contribution is -2.38. The zero-order valence-corrected chi connectivity index (χ0v) is 18.5. The van der Waals surface area contributed by atoms with Crippen LogP contribution >= 0.6 is 0 Å². The monoisotopic (exact) mass is 430 g/mol. The molecule has 1 aliphatic heterocycles. The van der Waals surface area contributed by atoms with E-state index in [0.29, 0.717) is 43.1 Å². The summed E-state index contributed by atoms with van der Waals surface area (Å²) in [5.74, 6) is -0.646. The number of carboxylic acid groups (broad SMARTS) is 1. The number of benzene rings is 2. The SMILES string of the molecule is Cc1cc(C)c(CN2CCc3ccc(C(=O)O)c(C)c3C2=O)c(OCc2ccccc2)n1. The van der Waals surface area contributed by atoms with Crippen molar-refractivity contribution in [3.05, 3.63) is 93.2 Å². The van der Waals surface area contributed by atoms with Crippen molar-refractivity contribution in [3.63, 3.8) is 0 Å². The quantitative estimate of drug-likeness (QED) is 0.624. The Hall–Kier alpha value is -3.67. The van der Waals surface area contributed by atoms with Crippen LogP contribution in [0.25, 0.3) is 0 Å². The van der Waals surface area contributed by atoms with Crippen LogP contribution in [0, 0.1) is 20.8 Å². The number of carbonyl (C=O) groups is 2. The number of fused-ring (bicyclic) bond motifs is 1. The highest BCUT2D eigenvalue weighted by atomic mass is 16.5. The maximum absolute atomic E-state index is 13.4. The molecular formula is C26H26N2O4. The van der Waals surface area contributed by atoms with E-state index in [2.05, 4.69) is 4.98 Å². The first-order chi connectivity index (χ1) is 15.3. The molecule has 0 saturated heterocycles. The lowest BCUT2D eigenvalue weighted by Gasteiger charge is -2.31. The number of nitrogens with zero attached hydrogens (tertiary/aromatic N) is 2. The summed E-state index contributed by atoms with van der Waals surface area (Å²) in [7, 11) is 0. The van der Waals surface area contributed by atoms with Gasteiger partial charge in [-0.1, -0.05) is 36.4 Å². The van der Waals surface area contributed by atoms with Crippen LogP contribution in [0.3, 0.4) is 0 Å². The molecule has 0 saturated carbocycles. The first kappa shape index (κ1) is 21.6. The number of ether oxygens (including phenoxy) is 1. The van der Waals surface area contributed by atoms with Gasteiger partial charge in [-0.2, -0.15) is 0 Å². The van der Waals surface area contributed by atoms with Crippen molar-refractivity contribution in [2.75, 3.05) is 6.54 Å². The molecule has 0 spiro atoms. The molecule has 1 aliphatic rings. The fourth-order valence-corrected chi connectivity index (χ4v) is 4.23. The number of hydrogen-bond donors (Lipinski definition) is 1. The summed E-state index contributed by atoms with van der Waals surface area (Å²) in [6.45, 7) is 6.93. The molecule has 0 atom stereocenters. The Morgan fingerprint density at radius 1 is 1.12 bits per heavy atom. The zero-order valence-electron chi connectivity index (χ0n) is 18.5. The van der Waals surface area contributed by atoms with Crippen molar-refractivity contribution in [3.8, 4) is 5.88 Å². The molecule has 0 bridgehead atoms. The first-order valence-electron chi connectivity index (χ1n) is 10.6. The average Bonchev–Trinajstić information content (AvgIpc) is 2.76. The number of aromatic carboxylic acids is 1. The Morgan fingerprint density at radius 3 is 2.59 bits per heavy atom. The molecule has 164 valence electrons. The fraction of sp³-hybridized carbons (Fsp3) is 0.269. The van der Waals surface area contributed by atoms with Crippen LogP contribution in [0.5, 0.6) is 5.88 Å². The highest BCUT2D eigenvalue weighted by molar-refractivity contribution is 6.01. The smallest absolute Gasteiger partial charge is 0.335 e. The average molecular weight is 431 g/mol. The zero-order chi connectivity index (χ0) is 22.8. The van der Waals surface area contributed by atoms with E-state index in [4.69, 9.17) is 4.74 Å². The first-order valence-corrected chi connectivity index (χ1v) is 10.6. The van der Waals surface area contributed by atoms with Crippen LogP contribution in [-0.2, 0) is 19.6 Å². The van der Waals surface area contributed by atoms with Gasteiger partial charge < -0.3 is 14.7 Å². The summed E-state index contributed by atoms with van der Waals surface area (Å²) in [4.78, 5) is 31.3. The molecular weight excluding hydrogens is 404 g/mol. The number of carbonyl (C=O) groups excluding carboxylic acids is 1. The molecule has 0 aliphatic carbocycles. The molecule has 4 rings (SSSR count). The fourth-order valence-electron chi connectivity index (χ4n) is 4.23. The van der Waals surface area contributed by atoms with Crippen molar-refractivity contribution in [1.29, 1.82) is 0 Å². The Kier molecular flexibility index (Phi) is 5.95. The number of amides is 1. The van der Waals surface area contributed by atoms with Gasteiger partial charge in [0.25, 0.3) is 5.91 Å². The highest BCUT2D eigenvalue weighted by Crippen LogP contribution is 2.29.